The molecule has 2 amide bonds. The van der Waals surface area contributed by atoms with Gasteiger partial charge in [0.15, 0.2) is 0 Å². The van der Waals surface area contributed by atoms with Gasteiger partial charge in [-0.15, -0.1) is 0 Å². The van der Waals surface area contributed by atoms with E-state index in [1.807, 2.05) is 51.1 Å². The van der Waals surface area contributed by atoms with Crippen molar-refractivity contribution in [2.75, 3.05) is 6.54 Å². The van der Waals surface area contributed by atoms with Crippen LogP contribution in [0.5, 0.6) is 0 Å². The van der Waals surface area contributed by atoms with Gasteiger partial charge < -0.3 is 10.2 Å². The van der Waals surface area contributed by atoms with Crippen molar-refractivity contribution in [1.29, 1.82) is 0 Å². The molecule has 0 aliphatic carbocycles. The first-order valence-corrected chi connectivity index (χ1v) is 10.2. The van der Waals surface area contributed by atoms with Gasteiger partial charge in [0.1, 0.15) is 6.04 Å². The predicted octanol–water partition coefficient (Wildman–Crippen LogP) is 3.51. The topological polar surface area (TPSA) is 92.6 Å². The Bertz CT molecular complexity index is 868. The second-order valence-corrected chi connectivity index (χ2v) is 7.47. The van der Waals surface area contributed by atoms with E-state index in [0.29, 0.717) is 24.9 Å². The summed E-state index contributed by atoms with van der Waals surface area (Å²) < 4.78 is 0. The van der Waals surface area contributed by atoms with E-state index in [2.05, 4.69) is 5.32 Å². The third-order valence-electron chi connectivity index (χ3n) is 4.83. The smallest absolute Gasteiger partial charge is 0.273 e. The fourth-order valence-corrected chi connectivity index (χ4v) is 3.38. The summed E-state index contributed by atoms with van der Waals surface area (Å²) in [6, 6.07) is 15.3. The van der Waals surface area contributed by atoms with Gasteiger partial charge >= 0.3 is 0 Å². The highest BCUT2D eigenvalue weighted by Gasteiger charge is 2.29. The lowest BCUT2D eigenvalue weighted by Gasteiger charge is -2.31. The van der Waals surface area contributed by atoms with Crippen LogP contribution in [0.4, 0.5) is 5.69 Å². The number of nitrogens with zero attached hydrogens (tertiary/aromatic N) is 2. The van der Waals surface area contributed by atoms with Crippen molar-refractivity contribution in [3.8, 4) is 0 Å². The van der Waals surface area contributed by atoms with Crippen LogP contribution in [0.25, 0.3) is 0 Å². The van der Waals surface area contributed by atoms with Gasteiger partial charge in [0, 0.05) is 24.2 Å². The van der Waals surface area contributed by atoms with Crippen LogP contribution in [0, 0.1) is 10.1 Å². The van der Waals surface area contributed by atoms with Gasteiger partial charge in [0.2, 0.25) is 11.8 Å². The predicted molar refractivity (Wildman–Crippen MR) is 116 cm³/mol. The lowest BCUT2D eigenvalue weighted by Crippen LogP contribution is -2.51. The normalized spacial score (nSPS) is 11.7. The van der Waals surface area contributed by atoms with Gasteiger partial charge in [0.05, 0.1) is 11.3 Å². The summed E-state index contributed by atoms with van der Waals surface area (Å²) in [6.45, 7) is 5.95. The Morgan fingerprint density at radius 1 is 1.07 bits per heavy atom. The van der Waals surface area contributed by atoms with Crippen LogP contribution in [0.1, 0.15) is 38.3 Å². The maximum absolute atomic E-state index is 13.2. The molecular formula is C23H29N3O4. The van der Waals surface area contributed by atoms with Crippen LogP contribution in [0.2, 0.25) is 0 Å². The quantitative estimate of drug-likeness (QED) is 0.478. The molecule has 0 radical (unpaired) electrons. The zero-order valence-electron chi connectivity index (χ0n) is 17.7. The second-order valence-electron chi connectivity index (χ2n) is 7.47. The molecule has 0 aliphatic heterocycles. The lowest BCUT2D eigenvalue weighted by molar-refractivity contribution is -0.385. The van der Waals surface area contributed by atoms with Crippen LogP contribution in [0.15, 0.2) is 54.6 Å². The molecule has 30 heavy (non-hydrogen) atoms. The fourth-order valence-electron chi connectivity index (χ4n) is 3.38. The molecule has 0 aromatic heterocycles. The highest BCUT2D eigenvalue weighted by atomic mass is 16.6. The van der Waals surface area contributed by atoms with Gasteiger partial charge in [-0.3, -0.25) is 19.7 Å². The zero-order chi connectivity index (χ0) is 22.1. The van der Waals surface area contributed by atoms with Gasteiger partial charge in [0.25, 0.3) is 5.69 Å². The number of nitro groups is 1. The van der Waals surface area contributed by atoms with Crippen molar-refractivity contribution in [2.24, 2.45) is 0 Å². The number of carbonyl (C=O) groups is 2. The van der Waals surface area contributed by atoms with Crippen molar-refractivity contribution in [3.63, 3.8) is 0 Å². The van der Waals surface area contributed by atoms with Gasteiger partial charge in [-0.1, -0.05) is 55.5 Å². The van der Waals surface area contributed by atoms with E-state index in [0.717, 1.165) is 5.56 Å². The molecule has 2 rings (SSSR count). The summed E-state index contributed by atoms with van der Waals surface area (Å²) in [4.78, 5) is 38.4. The molecule has 0 heterocycles. The van der Waals surface area contributed by atoms with E-state index in [-0.39, 0.29) is 30.0 Å². The Balaban J connectivity index is 2.27. The van der Waals surface area contributed by atoms with Gasteiger partial charge in [-0.2, -0.15) is 0 Å². The minimum absolute atomic E-state index is 0.0483. The summed E-state index contributed by atoms with van der Waals surface area (Å²) in [5.41, 5.74) is 1.31. The van der Waals surface area contributed by atoms with Crippen LogP contribution in [0.3, 0.4) is 0 Å². The monoisotopic (exact) mass is 411 g/mol. The molecule has 7 nitrogen and oxygen atoms in total. The number of nitro benzene ring substituents is 1. The maximum atomic E-state index is 13.2. The average molecular weight is 412 g/mol. The van der Waals surface area contributed by atoms with E-state index in [4.69, 9.17) is 0 Å². The highest BCUT2D eigenvalue weighted by molar-refractivity contribution is 5.89. The fraction of sp³-hybridized carbons (Fsp3) is 0.391. The molecule has 0 bridgehead atoms. The molecular weight excluding hydrogens is 382 g/mol. The van der Waals surface area contributed by atoms with E-state index < -0.39 is 11.0 Å². The first-order valence-electron chi connectivity index (χ1n) is 10.2. The zero-order valence-corrected chi connectivity index (χ0v) is 17.7. The van der Waals surface area contributed by atoms with Gasteiger partial charge in [-0.25, -0.2) is 0 Å². The summed E-state index contributed by atoms with van der Waals surface area (Å²) >= 11 is 0. The maximum Gasteiger partial charge on any atom is 0.273 e. The minimum Gasteiger partial charge on any atom is -0.352 e. The lowest BCUT2D eigenvalue weighted by atomic mass is 10.0. The summed E-state index contributed by atoms with van der Waals surface area (Å²) in [5.74, 6) is -0.512. The standard InChI is InChI=1S/C23H29N3O4/c1-4-20(23(28)24-17(2)3)25(15-14-18-10-6-5-7-11-18)22(27)16-19-12-8-9-13-21(19)26(29)30/h5-13,17,20H,4,14-16H2,1-3H3,(H,24,28)/t20-/m0/s1. The van der Waals surface area contributed by atoms with Crippen molar-refractivity contribution in [2.45, 2.75) is 52.1 Å². The number of hydrogen-bond donors (Lipinski definition) is 1. The Hall–Kier alpha value is -3.22. The number of benzene rings is 2. The number of nitrogens with one attached hydrogen (secondary N) is 1. The molecule has 7 heteroatoms. The second kappa shape index (κ2) is 11.1. The summed E-state index contributed by atoms with van der Waals surface area (Å²) in [7, 11) is 0. The number of carbonyl (C=O) groups excluding carboxylic acids is 2. The van der Waals surface area contributed by atoms with Gasteiger partial charge in [-0.05, 0) is 32.3 Å². The summed E-state index contributed by atoms with van der Waals surface area (Å²) in [6.07, 6.45) is 0.919. The van der Waals surface area contributed by atoms with Crippen molar-refractivity contribution in [1.82, 2.24) is 10.2 Å². The number of hydrogen-bond acceptors (Lipinski definition) is 4. The largest absolute Gasteiger partial charge is 0.352 e. The third-order valence-corrected chi connectivity index (χ3v) is 4.83. The minimum atomic E-state index is -0.633. The Morgan fingerprint density at radius 2 is 1.70 bits per heavy atom. The molecule has 0 fully saturated rings. The van der Waals surface area contributed by atoms with E-state index in [9.17, 15) is 19.7 Å². The Labute approximate surface area is 177 Å². The molecule has 0 unspecified atom stereocenters. The molecule has 0 spiro atoms. The van der Waals surface area contributed by atoms with E-state index in [1.54, 1.807) is 23.1 Å². The van der Waals surface area contributed by atoms with Crippen LogP contribution in [-0.4, -0.2) is 40.3 Å². The van der Waals surface area contributed by atoms with Crippen LogP contribution in [-0.2, 0) is 22.4 Å². The first kappa shape index (κ1) is 23.1. The Morgan fingerprint density at radius 3 is 2.30 bits per heavy atom. The van der Waals surface area contributed by atoms with Crippen LogP contribution < -0.4 is 5.32 Å². The average Bonchev–Trinajstić information content (AvgIpc) is 2.71. The van der Waals surface area contributed by atoms with E-state index in [1.165, 1.54) is 6.07 Å². The first-order chi connectivity index (χ1) is 14.3. The van der Waals surface area contributed by atoms with Crippen molar-refractivity contribution >= 4 is 17.5 Å². The van der Waals surface area contributed by atoms with Crippen LogP contribution >= 0.6 is 0 Å². The number of para-hydroxylation sites is 1. The summed E-state index contributed by atoms with van der Waals surface area (Å²) in [5, 5.41) is 14.2. The molecule has 1 atom stereocenters. The molecule has 2 aromatic carbocycles. The third kappa shape index (κ3) is 6.40. The molecule has 0 saturated heterocycles. The SMILES string of the molecule is CC[C@@H](C(=O)NC(C)C)N(CCc1ccccc1)C(=O)Cc1ccccc1[N+](=O)[O-]. The molecule has 2 aromatic rings. The highest BCUT2D eigenvalue weighted by Crippen LogP contribution is 2.20. The Kier molecular flexibility index (Phi) is 8.53. The van der Waals surface area contributed by atoms with Crippen molar-refractivity contribution in [3.05, 3.63) is 75.8 Å². The molecule has 0 aliphatic rings. The number of rotatable bonds is 10. The number of amides is 2. The van der Waals surface area contributed by atoms with E-state index >= 15 is 0 Å². The molecule has 1 N–H and O–H groups in total. The molecule has 0 saturated carbocycles. The molecule has 160 valence electrons. The van der Waals surface area contributed by atoms with Crippen molar-refractivity contribution < 1.29 is 14.5 Å².